The van der Waals surface area contributed by atoms with E-state index in [1.807, 2.05) is 0 Å². The monoisotopic (exact) mass is 211 g/mol. The fourth-order valence-electron chi connectivity index (χ4n) is 0.888. The SMILES string of the molecule is [N-]=[N+]=NCC=Cc1ccc(F)c(Cl)c1. The molecule has 1 aromatic rings. The molecule has 0 spiro atoms. The highest BCUT2D eigenvalue weighted by Crippen LogP contribution is 2.16. The van der Waals surface area contributed by atoms with Gasteiger partial charge in [0.25, 0.3) is 0 Å². The van der Waals surface area contributed by atoms with Gasteiger partial charge in [-0.15, -0.1) is 0 Å². The molecule has 0 saturated heterocycles. The Balaban J connectivity index is 2.72. The fourth-order valence-corrected chi connectivity index (χ4v) is 1.08. The second kappa shape index (κ2) is 5.27. The molecule has 0 atom stereocenters. The molecule has 0 fully saturated rings. The van der Waals surface area contributed by atoms with Crippen LogP contribution in [0, 0.1) is 5.82 Å². The van der Waals surface area contributed by atoms with E-state index in [0.717, 1.165) is 5.56 Å². The first-order valence-corrected chi connectivity index (χ1v) is 4.24. The minimum Gasteiger partial charge on any atom is -0.205 e. The van der Waals surface area contributed by atoms with Crippen molar-refractivity contribution in [1.82, 2.24) is 0 Å². The zero-order valence-electron chi connectivity index (χ0n) is 7.19. The second-order valence-corrected chi connectivity index (χ2v) is 2.90. The van der Waals surface area contributed by atoms with Gasteiger partial charge in [0.15, 0.2) is 0 Å². The average Bonchev–Trinajstić information content (AvgIpc) is 2.18. The van der Waals surface area contributed by atoms with Crippen LogP contribution in [0.2, 0.25) is 5.02 Å². The van der Waals surface area contributed by atoms with Gasteiger partial charge in [-0.1, -0.05) is 34.9 Å². The van der Waals surface area contributed by atoms with Gasteiger partial charge in [0.05, 0.1) is 5.02 Å². The normalized spacial score (nSPS) is 10.1. The highest BCUT2D eigenvalue weighted by atomic mass is 35.5. The summed E-state index contributed by atoms with van der Waals surface area (Å²) in [4.78, 5) is 2.59. The van der Waals surface area contributed by atoms with Crippen LogP contribution in [0.3, 0.4) is 0 Å². The molecule has 0 saturated carbocycles. The summed E-state index contributed by atoms with van der Waals surface area (Å²) in [5.74, 6) is -0.445. The number of rotatable bonds is 3. The predicted molar refractivity (Wildman–Crippen MR) is 54.5 cm³/mol. The maximum Gasteiger partial charge on any atom is 0.141 e. The van der Waals surface area contributed by atoms with Crippen LogP contribution in [0.5, 0.6) is 0 Å². The molecular weight excluding hydrogens is 205 g/mol. The molecule has 0 aliphatic rings. The summed E-state index contributed by atoms with van der Waals surface area (Å²) in [6, 6.07) is 4.38. The van der Waals surface area contributed by atoms with Crippen molar-refractivity contribution in [3.63, 3.8) is 0 Å². The molecule has 1 aromatic carbocycles. The number of azide groups is 1. The third-order valence-electron chi connectivity index (χ3n) is 1.50. The molecule has 0 aliphatic heterocycles. The van der Waals surface area contributed by atoms with Crippen LogP contribution in [0.1, 0.15) is 5.56 Å². The first kappa shape index (κ1) is 10.6. The Morgan fingerprint density at radius 2 is 2.36 bits per heavy atom. The molecule has 14 heavy (non-hydrogen) atoms. The fraction of sp³-hybridized carbons (Fsp3) is 0.111. The molecule has 0 bridgehead atoms. The number of hydrogen-bond acceptors (Lipinski definition) is 1. The summed E-state index contributed by atoms with van der Waals surface area (Å²) in [5, 5.41) is 3.39. The molecule has 72 valence electrons. The first-order valence-electron chi connectivity index (χ1n) is 3.86. The molecule has 0 heterocycles. The summed E-state index contributed by atoms with van der Waals surface area (Å²) in [6.07, 6.45) is 3.38. The van der Waals surface area contributed by atoms with Gasteiger partial charge >= 0.3 is 0 Å². The van der Waals surface area contributed by atoms with E-state index in [9.17, 15) is 4.39 Å². The maximum atomic E-state index is 12.7. The van der Waals surface area contributed by atoms with Crippen molar-refractivity contribution in [3.05, 3.63) is 51.1 Å². The number of hydrogen-bond donors (Lipinski definition) is 0. The molecule has 0 radical (unpaired) electrons. The third kappa shape index (κ3) is 3.09. The second-order valence-electron chi connectivity index (χ2n) is 2.49. The van der Waals surface area contributed by atoms with Gasteiger partial charge in [0.2, 0.25) is 0 Å². The van der Waals surface area contributed by atoms with E-state index >= 15 is 0 Å². The van der Waals surface area contributed by atoms with Gasteiger partial charge in [-0.3, -0.25) is 0 Å². The van der Waals surface area contributed by atoms with Crippen LogP contribution in [0.4, 0.5) is 4.39 Å². The summed E-state index contributed by atoms with van der Waals surface area (Å²) in [5.41, 5.74) is 8.77. The standard InChI is InChI=1S/C9H7ClFN3/c10-8-6-7(3-4-9(8)11)2-1-5-13-14-12/h1-4,6H,5H2. The van der Waals surface area contributed by atoms with E-state index in [1.165, 1.54) is 12.1 Å². The lowest BCUT2D eigenvalue weighted by molar-refractivity contribution is 0.628. The van der Waals surface area contributed by atoms with Gasteiger partial charge in [0.1, 0.15) is 5.82 Å². The van der Waals surface area contributed by atoms with E-state index in [-0.39, 0.29) is 11.6 Å². The third-order valence-corrected chi connectivity index (χ3v) is 1.79. The van der Waals surface area contributed by atoms with E-state index < -0.39 is 5.82 Å². The predicted octanol–water partition coefficient (Wildman–Crippen LogP) is 3.80. The quantitative estimate of drug-likeness (QED) is 0.415. The van der Waals surface area contributed by atoms with Gasteiger partial charge in [-0.05, 0) is 23.2 Å². The van der Waals surface area contributed by atoms with Crippen LogP contribution >= 0.6 is 11.6 Å². The Hall–Kier alpha value is -1.51. The van der Waals surface area contributed by atoms with Crippen molar-refractivity contribution in [1.29, 1.82) is 0 Å². The largest absolute Gasteiger partial charge is 0.205 e. The van der Waals surface area contributed by atoms with E-state index in [4.69, 9.17) is 17.1 Å². The van der Waals surface area contributed by atoms with E-state index in [2.05, 4.69) is 10.0 Å². The van der Waals surface area contributed by atoms with Crippen LogP contribution in [-0.4, -0.2) is 6.54 Å². The summed E-state index contributed by atoms with van der Waals surface area (Å²) in [6.45, 7) is 0.269. The molecule has 5 heteroatoms. The van der Waals surface area contributed by atoms with E-state index in [1.54, 1.807) is 18.2 Å². The van der Waals surface area contributed by atoms with Crippen molar-refractivity contribution in [2.24, 2.45) is 5.11 Å². The first-order chi connectivity index (χ1) is 6.74. The summed E-state index contributed by atoms with van der Waals surface area (Å²) < 4.78 is 12.7. The molecule has 0 aromatic heterocycles. The smallest absolute Gasteiger partial charge is 0.141 e. The van der Waals surface area contributed by atoms with Crippen LogP contribution in [-0.2, 0) is 0 Å². The highest BCUT2D eigenvalue weighted by molar-refractivity contribution is 6.30. The summed E-state index contributed by atoms with van der Waals surface area (Å²) >= 11 is 5.56. The number of nitrogens with zero attached hydrogens (tertiary/aromatic N) is 3. The summed E-state index contributed by atoms with van der Waals surface area (Å²) in [7, 11) is 0. The van der Waals surface area contributed by atoms with Crippen molar-refractivity contribution in [2.75, 3.05) is 6.54 Å². The zero-order valence-corrected chi connectivity index (χ0v) is 7.95. The number of halogens is 2. The molecule has 3 nitrogen and oxygen atoms in total. The molecule has 1 rings (SSSR count). The molecule has 0 aliphatic carbocycles. The lowest BCUT2D eigenvalue weighted by Crippen LogP contribution is -1.78. The maximum absolute atomic E-state index is 12.7. The Bertz CT molecular complexity index is 397. The minimum absolute atomic E-state index is 0.0796. The van der Waals surface area contributed by atoms with Crippen LogP contribution < -0.4 is 0 Å². The van der Waals surface area contributed by atoms with Gasteiger partial charge in [0, 0.05) is 11.5 Å². The topological polar surface area (TPSA) is 48.8 Å². The molecule has 0 amide bonds. The van der Waals surface area contributed by atoms with E-state index in [0.29, 0.717) is 0 Å². The van der Waals surface area contributed by atoms with Crippen molar-refractivity contribution in [3.8, 4) is 0 Å². The number of benzene rings is 1. The Kier molecular flexibility index (Phi) is 3.98. The Morgan fingerprint density at radius 1 is 1.57 bits per heavy atom. The van der Waals surface area contributed by atoms with Crippen molar-refractivity contribution >= 4 is 17.7 Å². The molecule has 0 N–H and O–H groups in total. The van der Waals surface area contributed by atoms with Gasteiger partial charge < -0.3 is 0 Å². The average molecular weight is 212 g/mol. The minimum atomic E-state index is -0.445. The highest BCUT2D eigenvalue weighted by Gasteiger charge is 1.97. The molecule has 0 unspecified atom stereocenters. The van der Waals surface area contributed by atoms with Gasteiger partial charge in [-0.25, -0.2) is 4.39 Å². The molecular formula is C9H7ClFN3. The lowest BCUT2D eigenvalue weighted by atomic mass is 10.2. The lowest BCUT2D eigenvalue weighted by Gasteiger charge is -1.95. The van der Waals surface area contributed by atoms with Crippen molar-refractivity contribution < 1.29 is 4.39 Å². The Morgan fingerprint density at radius 3 is 3.00 bits per heavy atom. The zero-order chi connectivity index (χ0) is 10.4. The van der Waals surface area contributed by atoms with Gasteiger partial charge in [-0.2, -0.15) is 0 Å². The van der Waals surface area contributed by atoms with Crippen LogP contribution in [0.15, 0.2) is 29.4 Å². The van der Waals surface area contributed by atoms with Crippen LogP contribution in [0.25, 0.3) is 16.5 Å². The van der Waals surface area contributed by atoms with Crippen molar-refractivity contribution in [2.45, 2.75) is 0 Å². The Labute approximate surface area is 85.4 Å².